The molecule has 2 aromatic rings. The maximum atomic E-state index is 11.9. The Balaban J connectivity index is 2.03. The molecule has 18 heavy (non-hydrogen) atoms. The van der Waals surface area contributed by atoms with E-state index in [-0.39, 0.29) is 17.2 Å². The third-order valence-electron chi connectivity index (χ3n) is 2.67. The van der Waals surface area contributed by atoms with Crippen LogP contribution in [0.25, 0.3) is 0 Å². The standard InChI is InChI=1S/C13H14N2O2S/c1-2-9-4-6-18-12(9)8-15-13(17)10-3-5-14-7-11(10)16/h3-7,16H,2,8H2,1H3,(H,15,17). The fourth-order valence-electron chi connectivity index (χ4n) is 1.67. The largest absolute Gasteiger partial charge is 0.505 e. The van der Waals surface area contributed by atoms with Gasteiger partial charge in [-0.15, -0.1) is 11.3 Å². The van der Waals surface area contributed by atoms with Crippen LogP contribution in [0.4, 0.5) is 0 Å². The molecule has 2 aromatic heterocycles. The molecule has 0 aliphatic heterocycles. The van der Waals surface area contributed by atoms with Crippen molar-refractivity contribution in [3.05, 3.63) is 45.9 Å². The Morgan fingerprint density at radius 1 is 1.50 bits per heavy atom. The highest BCUT2D eigenvalue weighted by Gasteiger charge is 2.11. The number of thiophene rings is 1. The molecule has 0 spiro atoms. The van der Waals surface area contributed by atoms with E-state index in [9.17, 15) is 9.90 Å². The first-order chi connectivity index (χ1) is 8.72. The summed E-state index contributed by atoms with van der Waals surface area (Å²) < 4.78 is 0. The van der Waals surface area contributed by atoms with Gasteiger partial charge < -0.3 is 10.4 Å². The second kappa shape index (κ2) is 5.64. The van der Waals surface area contributed by atoms with E-state index in [0.717, 1.165) is 11.3 Å². The first kappa shape index (κ1) is 12.6. The molecule has 0 saturated heterocycles. The number of hydrogen-bond donors (Lipinski definition) is 2. The summed E-state index contributed by atoms with van der Waals surface area (Å²) in [4.78, 5) is 16.8. The Bertz CT molecular complexity index is 551. The summed E-state index contributed by atoms with van der Waals surface area (Å²) in [6.45, 7) is 2.57. The number of aryl methyl sites for hydroxylation is 1. The topological polar surface area (TPSA) is 62.2 Å². The quantitative estimate of drug-likeness (QED) is 0.889. The van der Waals surface area contributed by atoms with Crippen molar-refractivity contribution in [2.75, 3.05) is 0 Å². The number of aromatic hydroxyl groups is 1. The lowest BCUT2D eigenvalue weighted by molar-refractivity contribution is 0.0948. The predicted octanol–water partition coefficient (Wildman–Crippen LogP) is 2.34. The summed E-state index contributed by atoms with van der Waals surface area (Å²) in [7, 11) is 0. The van der Waals surface area contributed by atoms with Gasteiger partial charge in [-0.25, -0.2) is 0 Å². The molecular formula is C13H14N2O2S. The van der Waals surface area contributed by atoms with Crippen LogP contribution in [0.15, 0.2) is 29.9 Å². The van der Waals surface area contributed by atoms with Gasteiger partial charge >= 0.3 is 0 Å². The van der Waals surface area contributed by atoms with Crippen molar-refractivity contribution in [3.63, 3.8) is 0 Å². The fraction of sp³-hybridized carbons (Fsp3) is 0.231. The Morgan fingerprint density at radius 3 is 3.06 bits per heavy atom. The van der Waals surface area contributed by atoms with Crippen molar-refractivity contribution < 1.29 is 9.90 Å². The zero-order chi connectivity index (χ0) is 13.0. The van der Waals surface area contributed by atoms with E-state index < -0.39 is 0 Å². The fourth-order valence-corrected chi connectivity index (χ4v) is 2.59. The van der Waals surface area contributed by atoms with Gasteiger partial charge in [0, 0.05) is 11.1 Å². The Labute approximate surface area is 109 Å². The SMILES string of the molecule is CCc1ccsc1CNC(=O)c1ccncc1O. The van der Waals surface area contributed by atoms with Gasteiger partial charge in [0.05, 0.1) is 18.3 Å². The molecule has 0 radical (unpaired) electrons. The van der Waals surface area contributed by atoms with E-state index in [0.29, 0.717) is 6.54 Å². The van der Waals surface area contributed by atoms with Crippen molar-refractivity contribution in [2.45, 2.75) is 19.9 Å². The molecular weight excluding hydrogens is 248 g/mol. The minimum absolute atomic E-state index is 0.100. The third kappa shape index (κ3) is 2.68. The van der Waals surface area contributed by atoms with E-state index in [1.807, 2.05) is 5.38 Å². The molecule has 2 rings (SSSR count). The number of carbonyl (C=O) groups excluding carboxylic acids is 1. The van der Waals surface area contributed by atoms with Crippen molar-refractivity contribution in [3.8, 4) is 5.75 Å². The highest BCUT2D eigenvalue weighted by Crippen LogP contribution is 2.18. The van der Waals surface area contributed by atoms with E-state index in [1.165, 1.54) is 24.0 Å². The lowest BCUT2D eigenvalue weighted by atomic mass is 10.2. The van der Waals surface area contributed by atoms with Crippen LogP contribution in [0.5, 0.6) is 5.75 Å². The highest BCUT2D eigenvalue weighted by molar-refractivity contribution is 7.10. The summed E-state index contributed by atoms with van der Waals surface area (Å²) in [6, 6.07) is 3.57. The first-order valence-electron chi connectivity index (χ1n) is 5.68. The molecule has 0 fully saturated rings. The van der Waals surface area contributed by atoms with Crippen LogP contribution in [0.1, 0.15) is 27.7 Å². The maximum Gasteiger partial charge on any atom is 0.255 e. The smallest absolute Gasteiger partial charge is 0.255 e. The van der Waals surface area contributed by atoms with Crippen molar-refractivity contribution in [1.82, 2.24) is 10.3 Å². The van der Waals surface area contributed by atoms with E-state index in [1.54, 1.807) is 11.3 Å². The van der Waals surface area contributed by atoms with Crippen molar-refractivity contribution in [1.29, 1.82) is 0 Å². The maximum absolute atomic E-state index is 11.9. The molecule has 0 saturated carbocycles. The van der Waals surface area contributed by atoms with E-state index in [4.69, 9.17) is 0 Å². The van der Waals surface area contributed by atoms with Crippen LogP contribution < -0.4 is 5.32 Å². The molecule has 0 aliphatic rings. The Kier molecular flexibility index (Phi) is 3.94. The van der Waals surface area contributed by atoms with Gasteiger partial charge in [-0.05, 0) is 29.5 Å². The average molecular weight is 262 g/mol. The van der Waals surface area contributed by atoms with Gasteiger partial charge in [0.1, 0.15) is 5.75 Å². The van der Waals surface area contributed by atoms with Crippen LogP contribution in [0, 0.1) is 0 Å². The molecule has 94 valence electrons. The van der Waals surface area contributed by atoms with Gasteiger partial charge in [0.25, 0.3) is 5.91 Å². The van der Waals surface area contributed by atoms with E-state index in [2.05, 4.69) is 23.3 Å². The summed E-state index contributed by atoms with van der Waals surface area (Å²) in [5.74, 6) is -0.387. The number of nitrogens with zero attached hydrogens (tertiary/aromatic N) is 1. The lowest BCUT2D eigenvalue weighted by Gasteiger charge is -2.06. The molecule has 0 unspecified atom stereocenters. The molecule has 0 atom stereocenters. The van der Waals surface area contributed by atoms with Crippen LogP contribution >= 0.6 is 11.3 Å². The molecule has 2 heterocycles. The van der Waals surface area contributed by atoms with Crippen LogP contribution in [0.3, 0.4) is 0 Å². The number of rotatable bonds is 4. The number of aromatic nitrogens is 1. The second-order valence-corrected chi connectivity index (χ2v) is 4.80. The monoisotopic (exact) mass is 262 g/mol. The Hall–Kier alpha value is -1.88. The highest BCUT2D eigenvalue weighted by atomic mass is 32.1. The summed E-state index contributed by atoms with van der Waals surface area (Å²) in [6.07, 6.45) is 3.70. The normalized spacial score (nSPS) is 10.3. The summed E-state index contributed by atoms with van der Waals surface area (Å²) in [5, 5.41) is 14.3. The number of carbonyl (C=O) groups is 1. The van der Waals surface area contributed by atoms with Crippen LogP contribution in [-0.2, 0) is 13.0 Å². The number of pyridine rings is 1. The van der Waals surface area contributed by atoms with Crippen LogP contribution in [0.2, 0.25) is 0 Å². The third-order valence-corrected chi connectivity index (χ3v) is 3.64. The first-order valence-corrected chi connectivity index (χ1v) is 6.56. The van der Waals surface area contributed by atoms with Gasteiger partial charge in [0.2, 0.25) is 0 Å². The molecule has 2 N–H and O–H groups in total. The molecule has 0 aromatic carbocycles. The summed E-state index contributed by atoms with van der Waals surface area (Å²) in [5.41, 5.74) is 1.50. The van der Waals surface area contributed by atoms with Gasteiger partial charge in [-0.3, -0.25) is 9.78 Å². The van der Waals surface area contributed by atoms with Gasteiger partial charge in [-0.2, -0.15) is 0 Å². The van der Waals surface area contributed by atoms with Crippen LogP contribution in [-0.4, -0.2) is 16.0 Å². The van der Waals surface area contributed by atoms with Crippen molar-refractivity contribution >= 4 is 17.2 Å². The van der Waals surface area contributed by atoms with Gasteiger partial charge in [0.15, 0.2) is 0 Å². The summed E-state index contributed by atoms with van der Waals surface area (Å²) >= 11 is 1.63. The molecule has 0 bridgehead atoms. The molecule has 4 nitrogen and oxygen atoms in total. The zero-order valence-corrected chi connectivity index (χ0v) is 10.8. The predicted molar refractivity (Wildman–Crippen MR) is 70.8 cm³/mol. The lowest BCUT2D eigenvalue weighted by Crippen LogP contribution is -2.22. The number of amides is 1. The second-order valence-electron chi connectivity index (χ2n) is 3.80. The molecule has 5 heteroatoms. The van der Waals surface area contributed by atoms with E-state index >= 15 is 0 Å². The minimum Gasteiger partial charge on any atom is -0.505 e. The Morgan fingerprint density at radius 2 is 2.33 bits per heavy atom. The minimum atomic E-state index is -0.287. The average Bonchev–Trinajstić information content (AvgIpc) is 2.84. The number of nitrogens with one attached hydrogen (secondary N) is 1. The molecule has 1 amide bonds. The molecule has 0 aliphatic carbocycles. The van der Waals surface area contributed by atoms with Crippen molar-refractivity contribution in [2.24, 2.45) is 0 Å². The van der Waals surface area contributed by atoms with Gasteiger partial charge in [-0.1, -0.05) is 6.92 Å². The zero-order valence-electron chi connectivity index (χ0n) is 10.0. The number of hydrogen-bond acceptors (Lipinski definition) is 4.